The van der Waals surface area contributed by atoms with Gasteiger partial charge in [-0.15, -0.1) is 0 Å². The third-order valence-corrected chi connectivity index (χ3v) is 5.40. The highest BCUT2D eigenvalue weighted by Crippen LogP contribution is 2.33. The maximum Gasteiger partial charge on any atom is 0.230 e. The average molecular weight is 403 g/mol. The number of nitrogens with zero attached hydrogens (tertiary/aromatic N) is 2. The van der Waals surface area contributed by atoms with Gasteiger partial charge in [-0.3, -0.25) is 14.5 Å². The van der Waals surface area contributed by atoms with Crippen LogP contribution in [0.5, 0.6) is 0 Å². The normalized spacial score (nSPS) is 16.2. The van der Waals surface area contributed by atoms with E-state index in [9.17, 15) is 14.0 Å². The van der Waals surface area contributed by atoms with Gasteiger partial charge in [-0.2, -0.15) is 0 Å². The maximum absolute atomic E-state index is 13.3. The van der Waals surface area contributed by atoms with Crippen molar-refractivity contribution in [2.75, 3.05) is 0 Å². The Labute approximate surface area is 174 Å². The number of aromatic nitrogens is 1. The van der Waals surface area contributed by atoms with E-state index < -0.39 is 0 Å². The molecule has 30 heavy (non-hydrogen) atoms. The number of benzene rings is 2. The minimum absolute atomic E-state index is 0.162. The van der Waals surface area contributed by atoms with E-state index in [2.05, 4.69) is 4.98 Å². The molecule has 0 aliphatic carbocycles. The molecule has 0 unspecified atom stereocenters. The lowest BCUT2D eigenvalue weighted by atomic mass is 9.81. The van der Waals surface area contributed by atoms with Gasteiger partial charge in [0.05, 0.1) is 17.8 Å². The predicted molar refractivity (Wildman–Crippen MR) is 114 cm³/mol. The van der Waals surface area contributed by atoms with Gasteiger partial charge in [-0.1, -0.05) is 38.1 Å². The van der Waals surface area contributed by atoms with E-state index in [1.165, 1.54) is 23.2 Å². The van der Waals surface area contributed by atoms with Crippen LogP contribution in [0.25, 0.3) is 22.0 Å². The molecule has 4 rings (SSSR count). The molecule has 0 spiro atoms. The minimum atomic E-state index is -0.314. The molecular weight excluding hydrogens is 381 g/mol. The molecule has 6 heteroatoms. The fourth-order valence-electron chi connectivity index (χ4n) is 3.91. The van der Waals surface area contributed by atoms with Gasteiger partial charge < -0.3 is 5.41 Å². The van der Waals surface area contributed by atoms with E-state index in [4.69, 9.17) is 5.41 Å². The minimum Gasteiger partial charge on any atom is -0.307 e. The first-order valence-electron chi connectivity index (χ1n) is 9.79. The zero-order valence-corrected chi connectivity index (χ0v) is 16.9. The average Bonchev–Trinajstić information content (AvgIpc) is 2.69. The van der Waals surface area contributed by atoms with E-state index in [0.717, 1.165) is 22.1 Å². The molecule has 0 radical (unpaired) electrons. The van der Waals surface area contributed by atoms with Crippen LogP contribution in [0.3, 0.4) is 0 Å². The number of hydrogen-bond donors (Lipinski definition) is 1. The Morgan fingerprint density at radius 1 is 1.07 bits per heavy atom. The van der Waals surface area contributed by atoms with Crippen LogP contribution in [0.15, 0.2) is 48.5 Å². The van der Waals surface area contributed by atoms with Gasteiger partial charge in [0.2, 0.25) is 11.8 Å². The van der Waals surface area contributed by atoms with Crippen LogP contribution in [0.4, 0.5) is 4.39 Å². The number of amides is 2. The van der Waals surface area contributed by atoms with Gasteiger partial charge in [-0.25, -0.2) is 9.37 Å². The fourth-order valence-corrected chi connectivity index (χ4v) is 3.91. The molecule has 2 amide bonds. The highest BCUT2D eigenvalue weighted by molar-refractivity contribution is 5.99. The standard InChI is InChI=1S/C24H22FN3O2/c1-24(2)11-22(29)28(23(30)12-24)14-15-3-8-19-20(16-4-6-17(25)7-5-16)10-18(13-26)27-21(19)9-15/h3-10,13,26H,11-12,14H2,1-2H3. The van der Waals surface area contributed by atoms with Gasteiger partial charge in [0.25, 0.3) is 0 Å². The van der Waals surface area contributed by atoms with Crippen molar-refractivity contribution in [3.8, 4) is 11.1 Å². The number of halogens is 1. The van der Waals surface area contributed by atoms with Gasteiger partial charge >= 0.3 is 0 Å². The second kappa shape index (κ2) is 7.44. The predicted octanol–water partition coefficient (Wildman–Crippen LogP) is 4.71. The lowest BCUT2D eigenvalue weighted by Gasteiger charge is -2.34. The Morgan fingerprint density at radius 2 is 1.73 bits per heavy atom. The number of pyridine rings is 1. The molecule has 2 heterocycles. The van der Waals surface area contributed by atoms with Gasteiger partial charge in [0, 0.05) is 24.4 Å². The van der Waals surface area contributed by atoms with E-state index in [1.807, 2.05) is 32.0 Å². The van der Waals surface area contributed by atoms with E-state index in [1.54, 1.807) is 18.2 Å². The maximum atomic E-state index is 13.3. The van der Waals surface area contributed by atoms with Crippen molar-refractivity contribution in [1.82, 2.24) is 9.88 Å². The second-order valence-electron chi connectivity index (χ2n) is 8.49. The first-order chi connectivity index (χ1) is 14.3. The van der Waals surface area contributed by atoms with E-state index in [0.29, 0.717) is 24.1 Å². The monoisotopic (exact) mass is 403 g/mol. The van der Waals surface area contributed by atoms with Crippen molar-refractivity contribution >= 4 is 28.9 Å². The largest absolute Gasteiger partial charge is 0.307 e. The molecule has 1 fully saturated rings. The first-order valence-corrected chi connectivity index (χ1v) is 9.79. The lowest BCUT2D eigenvalue weighted by Crippen LogP contribution is -2.45. The Bertz CT molecular complexity index is 1150. The van der Waals surface area contributed by atoms with Crippen LogP contribution >= 0.6 is 0 Å². The molecular formula is C24H22FN3O2. The van der Waals surface area contributed by atoms with Crippen molar-refractivity contribution in [3.63, 3.8) is 0 Å². The third kappa shape index (κ3) is 3.85. The third-order valence-electron chi connectivity index (χ3n) is 5.40. The van der Waals surface area contributed by atoms with Crippen molar-refractivity contribution in [3.05, 3.63) is 65.6 Å². The Kier molecular flexibility index (Phi) is 4.94. The van der Waals surface area contributed by atoms with Crippen molar-refractivity contribution < 1.29 is 14.0 Å². The summed E-state index contributed by atoms with van der Waals surface area (Å²) in [5.41, 5.74) is 3.29. The number of imide groups is 1. The molecule has 1 aliphatic heterocycles. The van der Waals surface area contributed by atoms with E-state index in [-0.39, 0.29) is 29.6 Å². The van der Waals surface area contributed by atoms with Gasteiger partial charge in [0.1, 0.15) is 5.82 Å². The molecule has 0 bridgehead atoms. The Hall–Kier alpha value is -3.41. The number of carbonyl (C=O) groups excluding carboxylic acids is 2. The highest BCUT2D eigenvalue weighted by Gasteiger charge is 2.37. The van der Waals surface area contributed by atoms with Crippen LogP contribution in [-0.4, -0.2) is 27.9 Å². The van der Waals surface area contributed by atoms with Crippen LogP contribution in [0.2, 0.25) is 0 Å². The summed E-state index contributed by atoms with van der Waals surface area (Å²) in [5.74, 6) is -0.639. The summed E-state index contributed by atoms with van der Waals surface area (Å²) >= 11 is 0. The zero-order valence-electron chi connectivity index (χ0n) is 16.9. The molecule has 2 aromatic carbocycles. The smallest absolute Gasteiger partial charge is 0.230 e. The number of fused-ring (bicyclic) bond motifs is 1. The summed E-state index contributed by atoms with van der Waals surface area (Å²) in [4.78, 5) is 30.8. The fraction of sp³-hybridized carbons (Fsp3) is 0.250. The molecule has 5 nitrogen and oxygen atoms in total. The van der Waals surface area contributed by atoms with E-state index >= 15 is 0 Å². The summed E-state index contributed by atoms with van der Waals surface area (Å²) in [6, 6.07) is 13.6. The highest BCUT2D eigenvalue weighted by atomic mass is 19.1. The zero-order chi connectivity index (χ0) is 21.5. The van der Waals surface area contributed by atoms with Gasteiger partial charge in [-0.05, 0) is 46.4 Å². The number of piperidine rings is 1. The van der Waals surface area contributed by atoms with Crippen LogP contribution in [-0.2, 0) is 16.1 Å². The molecule has 152 valence electrons. The molecule has 0 atom stereocenters. The molecule has 1 aromatic heterocycles. The molecule has 1 aliphatic rings. The van der Waals surface area contributed by atoms with Gasteiger partial charge in [0.15, 0.2) is 0 Å². The summed E-state index contributed by atoms with van der Waals surface area (Å²) < 4.78 is 13.3. The summed E-state index contributed by atoms with van der Waals surface area (Å²) in [5, 5.41) is 8.47. The van der Waals surface area contributed by atoms with Crippen LogP contribution < -0.4 is 0 Å². The second-order valence-corrected chi connectivity index (χ2v) is 8.49. The number of carbonyl (C=O) groups is 2. The summed E-state index contributed by atoms with van der Waals surface area (Å²) in [6.07, 6.45) is 1.85. The quantitative estimate of drug-likeness (QED) is 0.506. The number of hydrogen-bond acceptors (Lipinski definition) is 4. The molecule has 1 saturated heterocycles. The molecule has 0 saturated carbocycles. The summed E-state index contributed by atoms with van der Waals surface area (Å²) in [7, 11) is 0. The number of nitrogens with one attached hydrogen (secondary N) is 1. The molecule has 1 N–H and O–H groups in total. The van der Waals surface area contributed by atoms with Crippen molar-refractivity contribution in [2.45, 2.75) is 33.2 Å². The first kappa shape index (κ1) is 19.9. The van der Waals surface area contributed by atoms with Crippen LogP contribution in [0, 0.1) is 16.6 Å². The topological polar surface area (TPSA) is 74.1 Å². The number of rotatable bonds is 4. The van der Waals surface area contributed by atoms with Crippen molar-refractivity contribution in [2.24, 2.45) is 5.41 Å². The lowest BCUT2D eigenvalue weighted by molar-refractivity contribution is -0.153. The Balaban J connectivity index is 1.72. The van der Waals surface area contributed by atoms with Crippen LogP contribution in [0.1, 0.15) is 37.9 Å². The Morgan fingerprint density at radius 3 is 2.37 bits per heavy atom. The van der Waals surface area contributed by atoms with Crippen molar-refractivity contribution in [1.29, 1.82) is 5.41 Å². The SMILES string of the molecule is CC1(C)CC(=O)N(Cc2ccc3c(-c4ccc(F)cc4)cc(C=N)nc3c2)C(=O)C1. The molecule has 3 aromatic rings. The summed E-state index contributed by atoms with van der Waals surface area (Å²) in [6.45, 7) is 4.05. The number of likely N-dealkylation sites (tertiary alicyclic amines) is 1.